The number of halogens is 2. The standard InChI is InChI=1S/C16H12F2N2O3/c17-16(18)22-12-9-5-4-8-11(12)13(21)15-20-19-14(23-15)10-6-2-1-3-7-10/h1-9,13,16,21H/t13-/m0/s1. The first kappa shape index (κ1) is 15.1. The summed E-state index contributed by atoms with van der Waals surface area (Å²) in [5, 5.41) is 18.0. The lowest BCUT2D eigenvalue weighted by atomic mass is 10.1. The number of benzene rings is 2. The minimum Gasteiger partial charge on any atom is -0.434 e. The first-order chi connectivity index (χ1) is 11.1. The smallest absolute Gasteiger partial charge is 0.387 e. The molecule has 0 aliphatic rings. The highest BCUT2D eigenvalue weighted by Crippen LogP contribution is 2.31. The van der Waals surface area contributed by atoms with E-state index in [1.165, 1.54) is 18.2 Å². The van der Waals surface area contributed by atoms with Crippen molar-refractivity contribution >= 4 is 0 Å². The average molecular weight is 318 g/mol. The molecule has 3 aromatic rings. The van der Waals surface area contributed by atoms with Crippen molar-refractivity contribution < 1.29 is 23.0 Å². The molecule has 118 valence electrons. The van der Waals surface area contributed by atoms with E-state index in [2.05, 4.69) is 14.9 Å². The van der Waals surface area contributed by atoms with Crippen LogP contribution in [-0.2, 0) is 0 Å². The molecule has 5 nitrogen and oxygen atoms in total. The van der Waals surface area contributed by atoms with Gasteiger partial charge in [-0.05, 0) is 18.2 Å². The van der Waals surface area contributed by atoms with Crippen LogP contribution in [0.1, 0.15) is 17.6 Å². The van der Waals surface area contributed by atoms with Crippen LogP contribution in [-0.4, -0.2) is 21.9 Å². The summed E-state index contributed by atoms with van der Waals surface area (Å²) in [7, 11) is 0. The number of nitrogens with zero attached hydrogens (tertiary/aromatic N) is 2. The van der Waals surface area contributed by atoms with Crippen molar-refractivity contribution in [1.82, 2.24) is 10.2 Å². The van der Waals surface area contributed by atoms with E-state index >= 15 is 0 Å². The zero-order chi connectivity index (χ0) is 16.2. The zero-order valence-electron chi connectivity index (χ0n) is 11.8. The summed E-state index contributed by atoms with van der Waals surface area (Å²) < 4.78 is 34.7. The minimum atomic E-state index is -2.99. The van der Waals surface area contributed by atoms with Crippen molar-refractivity contribution in [3.63, 3.8) is 0 Å². The molecule has 0 saturated carbocycles. The van der Waals surface area contributed by atoms with Gasteiger partial charge >= 0.3 is 6.61 Å². The largest absolute Gasteiger partial charge is 0.434 e. The summed E-state index contributed by atoms with van der Waals surface area (Å²) >= 11 is 0. The molecule has 1 atom stereocenters. The van der Waals surface area contributed by atoms with Crippen LogP contribution in [0.4, 0.5) is 8.78 Å². The molecule has 0 spiro atoms. The second kappa shape index (κ2) is 6.53. The molecule has 0 saturated heterocycles. The molecule has 0 radical (unpaired) electrons. The maximum absolute atomic E-state index is 12.4. The maximum Gasteiger partial charge on any atom is 0.387 e. The topological polar surface area (TPSA) is 68.4 Å². The molecule has 3 rings (SSSR count). The summed E-state index contributed by atoms with van der Waals surface area (Å²) in [4.78, 5) is 0. The third kappa shape index (κ3) is 3.35. The Labute approximate surface area is 130 Å². The van der Waals surface area contributed by atoms with Gasteiger partial charge in [0.05, 0.1) is 0 Å². The van der Waals surface area contributed by atoms with Crippen molar-refractivity contribution in [2.45, 2.75) is 12.7 Å². The van der Waals surface area contributed by atoms with Crippen molar-refractivity contribution in [3.8, 4) is 17.2 Å². The van der Waals surface area contributed by atoms with E-state index in [9.17, 15) is 13.9 Å². The van der Waals surface area contributed by atoms with Crippen molar-refractivity contribution in [1.29, 1.82) is 0 Å². The van der Waals surface area contributed by atoms with Gasteiger partial charge < -0.3 is 14.3 Å². The lowest BCUT2D eigenvalue weighted by Gasteiger charge is -2.12. The Hall–Kier alpha value is -2.80. The number of aliphatic hydroxyl groups is 1. The fraction of sp³-hybridized carbons (Fsp3) is 0.125. The highest BCUT2D eigenvalue weighted by atomic mass is 19.3. The molecule has 1 N–H and O–H groups in total. The second-order valence-corrected chi connectivity index (χ2v) is 4.63. The lowest BCUT2D eigenvalue weighted by Crippen LogP contribution is -2.08. The highest BCUT2D eigenvalue weighted by molar-refractivity contribution is 5.52. The summed E-state index contributed by atoms with van der Waals surface area (Å²) in [5.41, 5.74) is 0.812. The molecule has 0 aliphatic heterocycles. The van der Waals surface area contributed by atoms with Gasteiger partial charge in [-0.2, -0.15) is 8.78 Å². The van der Waals surface area contributed by atoms with Crippen LogP contribution in [0.25, 0.3) is 11.5 Å². The predicted molar refractivity (Wildman–Crippen MR) is 76.9 cm³/mol. The Morgan fingerprint density at radius 3 is 2.39 bits per heavy atom. The van der Waals surface area contributed by atoms with Gasteiger partial charge in [0.1, 0.15) is 5.75 Å². The van der Waals surface area contributed by atoms with Crippen molar-refractivity contribution in [2.24, 2.45) is 0 Å². The third-order valence-electron chi connectivity index (χ3n) is 3.12. The number of hydrogen-bond acceptors (Lipinski definition) is 5. The van der Waals surface area contributed by atoms with E-state index in [4.69, 9.17) is 4.42 Å². The van der Waals surface area contributed by atoms with E-state index < -0.39 is 12.7 Å². The Morgan fingerprint density at radius 2 is 1.65 bits per heavy atom. The Kier molecular flexibility index (Phi) is 4.29. The number of alkyl halides is 2. The van der Waals surface area contributed by atoms with E-state index in [0.29, 0.717) is 5.56 Å². The monoisotopic (exact) mass is 318 g/mol. The fourth-order valence-electron chi connectivity index (χ4n) is 2.09. The first-order valence-electron chi connectivity index (χ1n) is 6.76. The summed E-state index contributed by atoms with van der Waals surface area (Å²) in [6.45, 7) is -2.99. The van der Waals surface area contributed by atoms with Crippen molar-refractivity contribution in [3.05, 3.63) is 66.1 Å². The molecular formula is C16H12F2N2O3. The van der Waals surface area contributed by atoms with E-state index in [0.717, 1.165) is 0 Å². The molecule has 1 aromatic heterocycles. The van der Waals surface area contributed by atoms with Crippen LogP contribution in [0.2, 0.25) is 0 Å². The molecule has 0 fully saturated rings. The van der Waals surface area contributed by atoms with Crippen molar-refractivity contribution in [2.75, 3.05) is 0 Å². The second-order valence-electron chi connectivity index (χ2n) is 4.63. The molecule has 23 heavy (non-hydrogen) atoms. The first-order valence-corrected chi connectivity index (χ1v) is 6.76. The Morgan fingerprint density at radius 1 is 0.957 bits per heavy atom. The van der Waals surface area contributed by atoms with Gasteiger partial charge in [-0.15, -0.1) is 10.2 Å². The van der Waals surface area contributed by atoms with E-state index in [1.807, 2.05) is 6.07 Å². The van der Waals surface area contributed by atoms with E-state index in [-0.39, 0.29) is 23.1 Å². The molecule has 0 bridgehead atoms. The number of hydrogen-bond donors (Lipinski definition) is 1. The summed E-state index contributed by atoms with van der Waals surface area (Å²) in [6.07, 6.45) is -1.37. The zero-order valence-corrected chi connectivity index (χ0v) is 11.8. The molecule has 2 aromatic carbocycles. The molecule has 0 aliphatic carbocycles. The van der Waals surface area contributed by atoms with Gasteiger partial charge in [-0.25, -0.2) is 0 Å². The predicted octanol–water partition coefficient (Wildman–Crippen LogP) is 3.42. The molecule has 7 heteroatoms. The average Bonchev–Trinajstić information content (AvgIpc) is 3.05. The van der Waals surface area contributed by atoms with Crippen LogP contribution in [0.15, 0.2) is 59.0 Å². The Bertz CT molecular complexity index is 778. The number of ether oxygens (including phenoxy) is 1. The summed E-state index contributed by atoms with van der Waals surface area (Å²) in [5.74, 6) is -0.0180. The number of rotatable bonds is 5. The molecular weight excluding hydrogens is 306 g/mol. The van der Waals surface area contributed by atoms with Crippen LogP contribution in [0.3, 0.4) is 0 Å². The highest BCUT2D eigenvalue weighted by Gasteiger charge is 2.23. The van der Waals surface area contributed by atoms with Gasteiger partial charge in [0.15, 0.2) is 6.10 Å². The molecule has 1 heterocycles. The normalized spacial score (nSPS) is 12.3. The van der Waals surface area contributed by atoms with Gasteiger partial charge in [-0.1, -0.05) is 36.4 Å². The van der Waals surface area contributed by atoms with Crippen LogP contribution in [0.5, 0.6) is 5.75 Å². The number of para-hydroxylation sites is 1. The molecule has 0 unspecified atom stereocenters. The fourth-order valence-corrected chi connectivity index (χ4v) is 2.09. The molecule has 0 amide bonds. The maximum atomic E-state index is 12.4. The SMILES string of the molecule is O[C@H](c1nnc(-c2ccccc2)o1)c1ccccc1OC(F)F. The Balaban J connectivity index is 1.90. The third-order valence-corrected chi connectivity index (χ3v) is 3.12. The lowest BCUT2D eigenvalue weighted by molar-refractivity contribution is -0.0514. The van der Waals surface area contributed by atoms with Gasteiger partial charge in [-0.3, -0.25) is 0 Å². The van der Waals surface area contributed by atoms with Crippen LogP contribution >= 0.6 is 0 Å². The summed E-state index contributed by atoms with van der Waals surface area (Å²) in [6, 6.07) is 14.9. The van der Waals surface area contributed by atoms with Crippen LogP contribution < -0.4 is 4.74 Å². The van der Waals surface area contributed by atoms with Gasteiger partial charge in [0, 0.05) is 11.1 Å². The van der Waals surface area contributed by atoms with E-state index in [1.54, 1.807) is 30.3 Å². The minimum absolute atomic E-state index is 0.103. The quantitative estimate of drug-likeness (QED) is 0.780. The number of aliphatic hydroxyl groups excluding tert-OH is 1. The number of aromatic nitrogens is 2. The van der Waals surface area contributed by atoms with Gasteiger partial charge in [0.25, 0.3) is 0 Å². The van der Waals surface area contributed by atoms with Crippen LogP contribution in [0, 0.1) is 0 Å². The van der Waals surface area contributed by atoms with Gasteiger partial charge in [0.2, 0.25) is 11.8 Å².